The molecule has 0 saturated heterocycles. The van der Waals surface area contributed by atoms with E-state index in [1.165, 1.54) is 11.1 Å². The van der Waals surface area contributed by atoms with E-state index in [-0.39, 0.29) is 18.6 Å². The van der Waals surface area contributed by atoms with Crippen molar-refractivity contribution in [3.8, 4) is 0 Å². The Morgan fingerprint density at radius 3 is 2.61 bits per heavy atom. The van der Waals surface area contributed by atoms with Gasteiger partial charge in [0.15, 0.2) is 0 Å². The number of hydrogen-bond acceptors (Lipinski definition) is 3. The van der Waals surface area contributed by atoms with E-state index >= 15 is 0 Å². The van der Waals surface area contributed by atoms with E-state index < -0.39 is 11.5 Å². The monoisotopic (exact) mass is 322 g/mol. The lowest BCUT2D eigenvalue weighted by atomic mass is 9.46. The van der Waals surface area contributed by atoms with Crippen molar-refractivity contribution in [2.45, 2.75) is 65.4 Å². The molecule has 2 rings (SSSR count). The highest BCUT2D eigenvalue weighted by atomic mass is 16.3. The molecule has 23 heavy (non-hydrogen) atoms. The average molecular weight is 322 g/mol. The third kappa shape index (κ3) is 3.29. The Morgan fingerprint density at radius 1 is 1.30 bits per heavy atom. The second-order valence-corrected chi connectivity index (χ2v) is 8.30. The number of rotatable bonds is 5. The summed E-state index contributed by atoms with van der Waals surface area (Å²) in [6.07, 6.45) is 7.28. The van der Waals surface area contributed by atoms with Crippen molar-refractivity contribution < 1.29 is 15.3 Å². The molecule has 0 aromatic rings. The van der Waals surface area contributed by atoms with Crippen molar-refractivity contribution in [1.82, 2.24) is 0 Å². The van der Waals surface area contributed by atoms with Gasteiger partial charge < -0.3 is 15.3 Å². The maximum atomic E-state index is 10.5. The smallest absolute Gasteiger partial charge is 0.0618 e. The first kappa shape index (κ1) is 18.7. The van der Waals surface area contributed by atoms with E-state index in [0.29, 0.717) is 11.8 Å². The third-order valence-electron chi connectivity index (χ3n) is 6.96. The van der Waals surface area contributed by atoms with Crippen LogP contribution in [0.25, 0.3) is 0 Å². The summed E-state index contributed by atoms with van der Waals surface area (Å²) in [5.74, 6) is 0.767. The van der Waals surface area contributed by atoms with Gasteiger partial charge in [-0.3, -0.25) is 0 Å². The topological polar surface area (TPSA) is 60.7 Å². The molecule has 0 heterocycles. The zero-order valence-corrected chi connectivity index (χ0v) is 15.0. The van der Waals surface area contributed by atoms with Gasteiger partial charge in [-0.15, -0.1) is 0 Å². The molecule has 0 aliphatic heterocycles. The third-order valence-corrected chi connectivity index (χ3v) is 6.96. The van der Waals surface area contributed by atoms with Crippen molar-refractivity contribution in [2.75, 3.05) is 13.2 Å². The van der Waals surface area contributed by atoms with Gasteiger partial charge in [0.2, 0.25) is 0 Å². The summed E-state index contributed by atoms with van der Waals surface area (Å²) in [6, 6.07) is 0. The standard InChI is InChI=1S/C20H34O3/c1-14(10-12-21)5-7-16-15(2)6-8-17-19(16,3)11-9-18(23)20(17,4)13-22/h10,16-18,21-23H,2,5-9,11-13H2,1,3-4H3/b14-10+/t16-,17+,18-,19+,20-/m1/s1. The number of hydrogen-bond donors (Lipinski definition) is 3. The minimum Gasteiger partial charge on any atom is -0.396 e. The number of fused-ring (bicyclic) bond motifs is 1. The molecule has 3 nitrogen and oxygen atoms in total. The minimum atomic E-state index is -0.409. The SMILES string of the molecule is C=C1CC[C@@H]2[C@@](C)(CO)[C@H](O)CC[C@@]2(C)[C@@H]1CC/C(C)=C/CO. The highest BCUT2D eigenvalue weighted by Gasteiger charge is 2.57. The first-order valence-corrected chi connectivity index (χ1v) is 9.02. The molecule has 2 fully saturated rings. The Kier molecular flexibility index (Phi) is 5.76. The second kappa shape index (κ2) is 7.08. The van der Waals surface area contributed by atoms with Crippen LogP contribution >= 0.6 is 0 Å². The highest BCUT2D eigenvalue weighted by Crippen LogP contribution is 2.61. The summed E-state index contributed by atoms with van der Waals surface area (Å²) in [7, 11) is 0. The Hall–Kier alpha value is -0.640. The van der Waals surface area contributed by atoms with Crippen LogP contribution in [0.2, 0.25) is 0 Å². The van der Waals surface area contributed by atoms with Gasteiger partial charge in [0.25, 0.3) is 0 Å². The molecule has 0 radical (unpaired) electrons. The van der Waals surface area contributed by atoms with Crippen molar-refractivity contribution in [2.24, 2.45) is 22.7 Å². The zero-order valence-electron chi connectivity index (χ0n) is 15.0. The largest absolute Gasteiger partial charge is 0.396 e. The van der Waals surface area contributed by atoms with Gasteiger partial charge in [0, 0.05) is 5.41 Å². The van der Waals surface area contributed by atoms with Crippen LogP contribution in [0.5, 0.6) is 0 Å². The molecule has 2 aliphatic carbocycles. The summed E-state index contributed by atoms with van der Waals surface area (Å²) in [6.45, 7) is 11.0. The summed E-state index contributed by atoms with van der Waals surface area (Å²) < 4.78 is 0. The number of aliphatic hydroxyl groups excluding tert-OH is 3. The Morgan fingerprint density at radius 2 is 2.00 bits per heavy atom. The van der Waals surface area contributed by atoms with Gasteiger partial charge >= 0.3 is 0 Å². The molecule has 3 N–H and O–H groups in total. The van der Waals surface area contributed by atoms with Crippen LogP contribution in [0.1, 0.15) is 59.3 Å². The Balaban J connectivity index is 2.25. The van der Waals surface area contributed by atoms with Gasteiger partial charge in [-0.25, -0.2) is 0 Å². The van der Waals surface area contributed by atoms with Crippen molar-refractivity contribution in [1.29, 1.82) is 0 Å². The Labute approximate surface area is 141 Å². The van der Waals surface area contributed by atoms with Crippen molar-refractivity contribution in [3.05, 3.63) is 23.8 Å². The van der Waals surface area contributed by atoms with Crippen molar-refractivity contribution in [3.63, 3.8) is 0 Å². The Bertz CT molecular complexity index is 470. The average Bonchev–Trinajstić information content (AvgIpc) is 2.51. The van der Waals surface area contributed by atoms with Crippen molar-refractivity contribution >= 4 is 0 Å². The van der Waals surface area contributed by atoms with E-state index in [1.807, 2.05) is 6.08 Å². The molecular weight excluding hydrogens is 288 g/mol. The van der Waals surface area contributed by atoms with Crippen LogP contribution in [-0.2, 0) is 0 Å². The van der Waals surface area contributed by atoms with Crippen LogP contribution in [0.15, 0.2) is 23.8 Å². The lowest BCUT2D eigenvalue weighted by Crippen LogP contribution is -2.57. The molecule has 5 atom stereocenters. The predicted molar refractivity (Wildman–Crippen MR) is 94.0 cm³/mol. The van der Waals surface area contributed by atoms with Crippen LogP contribution in [0, 0.1) is 22.7 Å². The molecule has 0 unspecified atom stereocenters. The molecule has 0 bridgehead atoms. The minimum absolute atomic E-state index is 0.0526. The van der Waals surface area contributed by atoms with E-state index in [2.05, 4.69) is 27.4 Å². The fourth-order valence-corrected chi connectivity index (χ4v) is 5.36. The van der Waals surface area contributed by atoms with Crippen LogP contribution in [0.3, 0.4) is 0 Å². The van der Waals surface area contributed by atoms with Crippen LogP contribution in [0.4, 0.5) is 0 Å². The normalized spacial score (nSPS) is 41.7. The van der Waals surface area contributed by atoms with Gasteiger partial charge in [0.05, 0.1) is 19.3 Å². The van der Waals surface area contributed by atoms with Crippen LogP contribution < -0.4 is 0 Å². The summed E-state index contributed by atoms with van der Waals surface area (Å²) >= 11 is 0. The maximum absolute atomic E-state index is 10.5. The molecule has 2 aliphatic rings. The fraction of sp³-hybridized carbons (Fsp3) is 0.800. The van der Waals surface area contributed by atoms with E-state index in [9.17, 15) is 10.2 Å². The zero-order chi connectivity index (χ0) is 17.3. The summed E-state index contributed by atoms with van der Waals surface area (Å²) in [5, 5.41) is 29.5. The van der Waals surface area contributed by atoms with Gasteiger partial charge in [-0.2, -0.15) is 0 Å². The van der Waals surface area contributed by atoms with Gasteiger partial charge in [-0.1, -0.05) is 37.6 Å². The maximum Gasteiger partial charge on any atom is 0.0618 e. The summed E-state index contributed by atoms with van der Waals surface area (Å²) in [4.78, 5) is 0. The number of allylic oxidation sites excluding steroid dienone is 2. The molecule has 0 spiro atoms. The van der Waals surface area contributed by atoms with E-state index in [4.69, 9.17) is 5.11 Å². The van der Waals surface area contributed by atoms with Gasteiger partial charge in [0.1, 0.15) is 0 Å². The first-order chi connectivity index (χ1) is 10.8. The molecule has 132 valence electrons. The molecule has 3 heteroatoms. The highest BCUT2D eigenvalue weighted by molar-refractivity contribution is 5.18. The molecule has 0 aromatic carbocycles. The first-order valence-electron chi connectivity index (χ1n) is 9.02. The molecule has 0 aromatic heterocycles. The molecular formula is C20H34O3. The summed E-state index contributed by atoms with van der Waals surface area (Å²) in [5.41, 5.74) is 2.26. The fourth-order valence-electron chi connectivity index (χ4n) is 5.36. The number of aliphatic hydroxyl groups is 3. The molecule has 2 saturated carbocycles. The van der Waals surface area contributed by atoms with E-state index in [0.717, 1.165) is 38.5 Å². The lowest BCUT2D eigenvalue weighted by Gasteiger charge is -2.60. The van der Waals surface area contributed by atoms with Gasteiger partial charge in [-0.05, 0) is 62.7 Å². The van der Waals surface area contributed by atoms with E-state index in [1.54, 1.807) is 0 Å². The quantitative estimate of drug-likeness (QED) is 0.679. The predicted octanol–water partition coefficient (Wildman–Crippen LogP) is 3.45. The lowest BCUT2D eigenvalue weighted by molar-refractivity contribution is -0.152. The van der Waals surface area contributed by atoms with Crippen LogP contribution in [-0.4, -0.2) is 34.6 Å². The molecule has 0 amide bonds. The second-order valence-electron chi connectivity index (χ2n) is 8.30.